The average Bonchev–Trinajstić information content (AvgIpc) is 3.19. The number of carbonyl (C=O) groups is 2. The maximum absolute atomic E-state index is 13.3. The summed E-state index contributed by atoms with van der Waals surface area (Å²) in [6.07, 6.45) is 3.74. The predicted octanol–water partition coefficient (Wildman–Crippen LogP) is 3.48. The molecule has 1 fully saturated rings. The monoisotopic (exact) mass is 445 g/mol. The van der Waals surface area contributed by atoms with Gasteiger partial charge in [0.2, 0.25) is 5.91 Å². The van der Waals surface area contributed by atoms with E-state index >= 15 is 0 Å². The van der Waals surface area contributed by atoms with Gasteiger partial charge in [0.1, 0.15) is 10.3 Å². The van der Waals surface area contributed by atoms with E-state index in [4.69, 9.17) is 0 Å². The third-order valence-corrected chi connectivity index (χ3v) is 7.69. The van der Waals surface area contributed by atoms with Crippen LogP contribution in [0.25, 0.3) is 10.8 Å². The quantitative estimate of drug-likeness (QED) is 0.575. The van der Waals surface area contributed by atoms with Gasteiger partial charge in [-0.2, -0.15) is 0 Å². The van der Waals surface area contributed by atoms with Crippen molar-refractivity contribution in [3.8, 4) is 0 Å². The van der Waals surface area contributed by atoms with Crippen LogP contribution in [0, 0.1) is 0 Å². The Labute approximate surface area is 190 Å². The Morgan fingerprint density at radius 2 is 2.03 bits per heavy atom. The second-order valence-corrected chi connectivity index (χ2v) is 9.56. The predicted molar refractivity (Wildman–Crippen MR) is 125 cm³/mol. The van der Waals surface area contributed by atoms with E-state index < -0.39 is 5.25 Å². The number of amides is 3. The number of urea groups is 1. The van der Waals surface area contributed by atoms with Crippen LogP contribution in [0.15, 0.2) is 59.8 Å². The molecule has 2 aromatic carbocycles. The topological polar surface area (TPSA) is 86.4 Å². The number of nitrogens with one attached hydrogen (secondary N) is 3. The Kier molecular flexibility index (Phi) is 4.77. The van der Waals surface area contributed by atoms with Crippen LogP contribution >= 0.6 is 11.8 Å². The van der Waals surface area contributed by atoms with Crippen molar-refractivity contribution < 1.29 is 9.59 Å². The maximum atomic E-state index is 13.3. The highest BCUT2D eigenvalue weighted by atomic mass is 32.2. The molecule has 3 N–H and O–H groups in total. The molecule has 0 saturated carbocycles. The zero-order valence-corrected chi connectivity index (χ0v) is 18.2. The smallest absolute Gasteiger partial charge is 0.327 e. The summed E-state index contributed by atoms with van der Waals surface area (Å²) in [4.78, 5) is 32.6. The molecule has 3 amide bonds. The number of aromatic nitrogens is 1. The van der Waals surface area contributed by atoms with Gasteiger partial charge >= 0.3 is 6.03 Å². The number of hydrogen-bond acceptors (Lipinski definition) is 5. The molecule has 1 saturated heterocycles. The molecule has 3 aliphatic heterocycles. The summed E-state index contributed by atoms with van der Waals surface area (Å²) in [7, 11) is 0. The number of carbonyl (C=O) groups excluding carboxylic acids is 2. The molecular weight excluding hydrogens is 422 g/mol. The highest BCUT2D eigenvalue weighted by Gasteiger charge is 2.46. The first kappa shape index (κ1) is 19.6. The first-order valence-corrected chi connectivity index (χ1v) is 11.8. The second kappa shape index (κ2) is 7.79. The number of thioether (sulfide) groups is 1. The largest absolute Gasteiger partial charge is 0.351 e. The molecule has 2 unspecified atom stereocenters. The number of anilines is 2. The molecule has 0 spiro atoms. The lowest BCUT2D eigenvalue weighted by atomic mass is 9.99. The van der Waals surface area contributed by atoms with Gasteiger partial charge in [0.25, 0.3) is 0 Å². The van der Waals surface area contributed by atoms with Crippen molar-refractivity contribution in [1.29, 1.82) is 0 Å². The molecule has 8 heteroatoms. The van der Waals surface area contributed by atoms with Crippen molar-refractivity contribution >= 4 is 45.8 Å². The summed E-state index contributed by atoms with van der Waals surface area (Å²) < 4.78 is 0. The van der Waals surface area contributed by atoms with Gasteiger partial charge in [-0.15, -0.1) is 0 Å². The molecule has 3 atom stereocenters. The number of pyridine rings is 1. The summed E-state index contributed by atoms with van der Waals surface area (Å²) in [6.45, 7) is 1.78. The van der Waals surface area contributed by atoms with E-state index in [1.807, 2.05) is 42.5 Å². The van der Waals surface area contributed by atoms with Gasteiger partial charge in [-0.3, -0.25) is 9.69 Å². The zero-order valence-electron chi connectivity index (χ0n) is 17.4. The van der Waals surface area contributed by atoms with E-state index in [9.17, 15) is 9.59 Å². The first-order chi connectivity index (χ1) is 15.7. The third kappa shape index (κ3) is 3.22. The number of piperidine rings is 1. The second-order valence-electron chi connectivity index (χ2n) is 8.43. The van der Waals surface area contributed by atoms with Gasteiger partial charge in [0.15, 0.2) is 0 Å². The fourth-order valence-corrected chi connectivity index (χ4v) is 6.09. The molecule has 0 aliphatic carbocycles. The molecular formula is C24H23N5O2S. The highest BCUT2D eigenvalue weighted by molar-refractivity contribution is 8.01. The molecule has 3 aliphatic rings. The van der Waals surface area contributed by atoms with Gasteiger partial charge in [-0.05, 0) is 48.4 Å². The molecule has 1 aromatic heterocycles. The van der Waals surface area contributed by atoms with Crippen molar-refractivity contribution in [2.75, 3.05) is 18.0 Å². The van der Waals surface area contributed by atoms with Crippen LogP contribution in [0.3, 0.4) is 0 Å². The molecule has 6 rings (SSSR count). The Morgan fingerprint density at radius 3 is 2.88 bits per heavy atom. The summed E-state index contributed by atoms with van der Waals surface area (Å²) in [5, 5.41) is 12.1. The normalized spacial score (nSPS) is 24.2. The van der Waals surface area contributed by atoms with E-state index in [1.54, 1.807) is 11.1 Å². The zero-order chi connectivity index (χ0) is 21.7. The van der Waals surface area contributed by atoms with E-state index in [1.165, 1.54) is 11.8 Å². The van der Waals surface area contributed by atoms with Crippen molar-refractivity contribution in [3.05, 3.63) is 60.3 Å². The molecule has 0 radical (unpaired) electrons. The molecule has 4 heterocycles. The Bertz CT molecular complexity index is 1230. The standard InChI is InChI=1S/C24H23N5O2S/c30-22(27-16-6-3-10-25-13-16)21-20-19-18(9-11-26-23(19)32-21)29(24(31)28-20)17-8-7-14-4-1-2-5-15(14)12-17/h1-2,4-5,7-9,11-12,16,20-21,25H,3,6,10,13H2,(H,27,30)(H,28,31)/t16?,20?,21-/m1/s1. The first-order valence-electron chi connectivity index (χ1n) is 10.9. The van der Waals surface area contributed by atoms with Crippen LogP contribution in [0.5, 0.6) is 0 Å². The Balaban J connectivity index is 1.34. The van der Waals surface area contributed by atoms with Gasteiger partial charge in [0, 0.05) is 24.3 Å². The lowest BCUT2D eigenvalue weighted by Gasteiger charge is -2.34. The summed E-state index contributed by atoms with van der Waals surface area (Å²) in [5.74, 6) is -0.0443. The van der Waals surface area contributed by atoms with E-state index in [2.05, 4.69) is 27.0 Å². The molecule has 162 valence electrons. The fraction of sp³-hybridized carbons (Fsp3) is 0.292. The highest BCUT2D eigenvalue weighted by Crippen LogP contribution is 2.50. The molecule has 7 nitrogen and oxygen atoms in total. The molecule has 3 aromatic rings. The molecule has 32 heavy (non-hydrogen) atoms. The number of fused-ring (bicyclic) bond motifs is 1. The SMILES string of the molecule is O=C(NC1CCCNC1)[C@@H]1Sc2nccc3c2C1NC(=O)N3c1ccc2ccccc2c1. The van der Waals surface area contributed by atoms with Crippen molar-refractivity contribution in [2.24, 2.45) is 0 Å². The number of nitrogens with zero attached hydrogens (tertiary/aromatic N) is 2. The van der Waals surface area contributed by atoms with Gasteiger partial charge < -0.3 is 16.0 Å². The van der Waals surface area contributed by atoms with Crippen LogP contribution in [-0.4, -0.2) is 41.3 Å². The van der Waals surface area contributed by atoms with Gasteiger partial charge in [-0.1, -0.05) is 42.1 Å². The fourth-order valence-electron chi connectivity index (χ4n) is 4.86. The Morgan fingerprint density at radius 1 is 1.16 bits per heavy atom. The van der Waals surface area contributed by atoms with Crippen molar-refractivity contribution in [2.45, 2.75) is 35.2 Å². The maximum Gasteiger partial charge on any atom is 0.327 e. The minimum atomic E-state index is -0.428. The van der Waals surface area contributed by atoms with E-state index in [-0.39, 0.29) is 24.0 Å². The van der Waals surface area contributed by atoms with Crippen LogP contribution in [-0.2, 0) is 4.79 Å². The average molecular weight is 446 g/mol. The van der Waals surface area contributed by atoms with Crippen LogP contribution in [0.1, 0.15) is 24.4 Å². The number of hydrogen-bond donors (Lipinski definition) is 3. The summed E-state index contributed by atoms with van der Waals surface area (Å²) in [5.41, 5.74) is 2.51. The third-order valence-electron chi connectivity index (χ3n) is 6.40. The van der Waals surface area contributed by atoms with Gasteiger partial charge in [-0.25, -0.2) is 9.78 Å². The van der Waals surface area contributed by atoms with Gasteiger partial charge in [0.05, 0.1) is 17.4 Å². The summed E-state index contributed by atoms with van der Waals surface area (Å²) >= 11 is 1.44. The summed E-state index contributed by atoms with van der Waals surface area (Å²) in [6, 6.07) is 15.5. The van der Waals surface area contributed by atoms with Crippen molar-refractivity contribution in [1.82, 2.24) is 20.9 Å². The number of benzene rings is 2. The minimum absolute atomic E-state index is 0.0443. The van der Waals surface area contributed by atoms with E-state index in [0.717, 1.165) is 58.7 Å². The number of rotatable bonds is 3. The lowest BCUT2D eigenvalue weighted by molar-refractivity contribution is -0.121. The Hall–Kier alpha value is -3.10. The minimum Gasteiger partial charge on any atom is -0.351 e. The van der Waals surface area contributed by atoms with Crippen LogP contribution in [0.2, 0.25) is 0 Å². The lowest BCUT2D eigenvalue weighted by Crippen LogP contribution is -2.52. The van der Waals surface area contributed by atoms with Crippen LogP contribution < -0.4 is 20.9 Å². The molecule has 0 bridgehead atoms. The van der Waals surface area contributed by atoms with E-state index in [0.29, 0.717) is 0 Å². The van der Waals surface area contributed by atoms with Crippen LogP contribution in [0.4, 0.5) is 16.2 Å². The van der Waals surface area contributed by atoms with Crippen molar-refractivity contribution in [3.63, 3.8) is 0 Å².